The van der Waals surface area contributed by atoms with Gasteiger partial charge < -0.3 is 5.11 Å². The van der Waals surface area contributed by atoms with Gasteiger partial charge in [-0.25, -0.2) is 5.01 Å². The van der Waals surface area contributed by atoms with Crippen molar-refractivity contribution in [1.29, 1.82) is 0 Å². The van der Waals surface area contributed by atoms with Gasteiger partial charge in [0.1, 0.15) is 5.71 Å². The highest BCUT2D eigenvalue weighted by Gasteiger charge is 2.50. The van der Waals surface area contributed by atoms with Crippen molar-refractivity contribution in [3.05, 3.63) is 71.8 Å². The minimum Gasteiger partial charge on any atom is -0.370 e. The molecule has 20 heavy (non-hydrogen) atoms. The fourth-order valence-corrected chi connectivity index (χ4v) is 2.41. The van der Waals surface area contributed by atoms with Crippen molar-refractivity contribution in [1.82, 2.24) is 5.01 Å². The zero-order valence-electron chi connectivity index (χ0n) is 11.0. The molecule has 0 saturated heterocycles. The second-order valence-electron chi connectivity index (χ2n) is 4.72. The van der Waals surface area contributed by atoms with E-state index in [-0.39, 0.29) is 0 Å². The molecular weight excluding hydrogens is 252 g/mol. The van der Waals surface area contributed by atoms with Gasteiger partial charge in [0.05, 0.1) is 0 Å². The van der Waals surface area contributed by atoms with Gasteiger partial charge in [-0.15, -0.1) is 0 Å². The third-order valence-electron chi connectivity index (χ3n) is 3.43. The monoisotopic (exact) mass is 266 g/mol. The maximum atomic E-state index is 12.4. The molecular formula is C16H14N2O2. The van der Waals surface area contributed by atoms with Crippen LogP contribution in [0.3, 0.4) is 0 Å². The number of nitrogens with zero attached hydrogens (tertiary/aromatic N) is 2. The average Bonchev–Trinajstić information content (AvgIpc) is 2.74. The Bertz CT molecular complexity index is 667. The lowest BCUT2D eigenvalue weighted by Gasteiger charge is -2.23. The van der Waals surface area contributed by atoms with E-state index in [2.05, 4.69) is 5.10 Å². The van der Waals surface area contributed by atoms with E-state index in [0.717, 1.165) is 5.56 Å². The lowest BCUT2D eigenvalue weighted by Crippen LogP contribution is -2.43. The lowest BCUT2D eigenvalue weighted by molar-refractivity contribution is -0.141. The van der Waals surface area contributed by atoms with Gasteiger partial charge in [-0.1, -0.05) is 60.7 Å². The first kappa shape index (κ1) is 12.6. The normalized spacial score (nSPS) is 22.0. The Hall–Kier alpha value is -2.46. The van der Waals surface area contributed by atoms with Gasteiger partial charge in [0.25, 0.3) is 5.91 Å². The molecule has 1 unspecified atom stereocenters. The van der Waals surface area contributed by atoms with E-state index in [1.807, 2.05) is 36.4 Å². The number of hydrogen-bond acceptors (Lipinski definition) is 3. The van der Waals surface area contributed by atoms with E-state index < -0.39 is 11.5 Å². The summed E-state index contributed by atoms with van der Waals surface area (Å²) < 4.78 is 0. The van der Waals surface area contributed by atoms with Gasteiger partial charge in [-0.05, 0) is 5.56 Å². The Balaban J connectivity index is 2.18. The molecule has 2 aromatic carbocycles. The van der Waals surface area contributed by atoms with Crippen molar-refractivity contribution < 1.29 is 9.90 Å². The van der Waals surface area contributed by atoms with E-state index in [9.17, 15) is 9.90 Å². The summed E-state index contributed by atoms with van der Waals surface area (Å²) >= 11 is 0. The number of likely N-dealkylation sites (N-methyl/N-ethyl adjacent to an activating group) is 1. The second-order valence-corrected chi connectivity index (χ2v) is 4.72. The van der Waals surface area contributed by atoms with Gasteiger partial charge in [-0.3, -0.25) is 4.79 Å². The van der Waals surface area contributed by atoms with Gasteiger partial charge in [-0.2, -0.15) is 5.10 Å². The molecule has 0 saturated carbocycles. The molecule has 0 bridgehead atoms. The Kier molecular flexibility index (Phi) is 2.88. The van der Waals surface area contributed by atoms with Crippen LogP contribution in [0, 0.1) is 0 Å². The molecule has 1 aliphatic heterocycles. The van der Waals surface area contributed by atoms with Gasteiger partial charge >= 0.3 is 0 Å². The number of carbonyl (C=O) groups excluding carboxylic acids is 1. The Morgan fingerprint density at radius 3 is 2.15 bits per heavy atom. The zero-order chi connectivity index (χ0) is 14.2. The molecule has 4 heteroatoms. The molecule has 0 radical (unpaired) electrons. The summed E-state index contributed by atoms with van der Waals surface area (Å²) in [6, 6.07) is 18.1. The van der Waals surface area contributed by atoms with Crippen LogP contribution in [0.15, 0.2) is 65.8 Å². The van der Waals surface area contributed by atoms with Crippen LogP contribution in [0.4, 0.5) is 0 Å². The van der Waals surface area contributed by atoms with Crippen LogP contribution < -0.4 is 0 Å². The summed E-state index contributed by atoms with van der Waals surface area (Å²) in [4.78, 5) is 12.4. The Morgan fingerprint density at radius 2 is 1.55 bits per heavy atom. The van der Waals surface area contributed by atoms with Crippen molar-refractivity contribution in [2.45, 2.75) is 5.60 Å². The maximum Gasteiger partial charge on any atom is 0.285 e. The number of amides is 1. The van der Waals surface area contributed by atoms with Crippen molar-refractivity contribution in [3.63, 3.8) is 0 Å². The third-order valence-corrected chi connectivity index (χ3v) is 3.43. The highest BCUT2D eigenvalue weighted by Crippen LogP contribution is 2.33. The summed E-state index contributed by atoms with van der Waals surface area (Å²) in [5, 5.41) is 16.4. The number of aliphatic hydroxyl groups is 1. The predicted molar refractivity (Wildman–Crippen MR) is 76.1 cm³/mol. The van der Waals surface area contributed by atoms with Gasteiger partial charge in [0.15, 0.2) is 0 Å². The first-order chi connectivity index (χ1) is 9.64. The van der Waals surface area contributed by atoms with Crippen LogP contribution in [0.25, 0.3) is 0 Å². The molecule has 1 heterocycles. The third kappa shape index (κ3) is 1.73. The molecule has 0 fully saturated rings. The summed E-state index contributed by atoms with van der Waals surface area (Å²) in [5.41, 5.74) is -0.109. The summed E-state index contributed by atoms with van der Waals surface area (Å²) in [5.74, 6) is -0.442. The SMILES string of the molecule is CN1N=C(c2ccccc2)C(O)(c2ccccc2)C1=O. The number of benzene rings is 2. The van der Waals surface area contributed by atoms with Crippen LogP contribution in [-0.4, -0.2) is 28.8 Å². The van der Waals surface area contributed by atoms with E-state index in [4.69, 9.17) is 0 Å². The molecule has 0 aliphatic carbocycles. The van der Waals surface area contributed by atoms with Gasteiger partial charge in [0.2, 0.25) is 5.60 Å². The van der Waals surface area contributed by atoms with Crippen LogP contribution >= 0.6 is 0 Å². The number of hydrogen-bond donors (Lipinski definition) is 1. The average molecular weight is 266 g/mol. The Labute approximate surface area is 117 Å². The van der Waals surface area contributed by atoms with Crippen LogP contribution in [-0.2, 0) is 10.4 Å². The Morgan fingerprint density at radius 1 is 1.00 bits per heavy atom. The minimum absolute atomic E-state index is 0.358. The molecule has 1 aliphatic rings. The van der Waals surface area contributed by atoms with E-state index in [0.29, 0.717) is 11.3 Å². The van der Waals surface area contributed by atoms with Gasteiger partial charge in [0, 0.05) is 12.6 Å². The molecule has 0 spiro atoms. The summed E-state index contributed by atoms with van der Waals surface area (Å²) in [6.07, 6.45) is 0. The fourth-order valence-electron chi connectivity index (χ4n) is 2.41. The number of carbonyl (C=O) groups is 1. The first-order valence-corrected chi connectivity index (χ1v) is 6.34. The molecule has 0 aromatic heterocycles. The van der Waals surface area contributed by atoms with Crippen molar-refractivity contribution in [2.75, 3.05) is 7.05 Å². The van der Waals surface area contributed by atoms with Crippen molar-refractivity contribution in [2.24, 2.45) is 5.10 Å². The molecule has 4 nitrogen and oxygen atoms in total. The molecule has 100 valence electrons. The molecule has 1 N–H and O–H groups in total. The topological polar surface area (TPSA) is 52.9 Å². The standard InChI is InChI=1S/C16H14N2O2/c1-18-15(19)16(20,13-10-6-3-7-11-13)14(17-18)12-8-4-2-5-9-12/h2-11,20H,1H3. The second kappa shape index (κ2) is 4.58. The number of hydrazone groups is 1. The molecule has 1 atom stereocenters. The van der Waals surface area contributed by atoms with Crippen molar-refractivity contribution >= 4 is 11.6 Å². The van der Waals surface area contributed by atoms with Crippen molar-refractivity contribution in [3.8, 4) is 0 Å². The van der Waals surface area contributed by atoms with Crippen LogP contribution in [0.1, 0.15) is 11.1 Å². The lowest BCUT2D eigenvalue weighted by atomic mass is 9.85. The van der Waals surface area contributed by atoms with E-state index >= 15 is 0 Å². The van der Waals surface area contributed by atoms with E-state index in [1.54, 1.807) is 31.3 Å². The largest absolute Gasteiger partial charge is 0.370 e. The smallest absolute Gasteiger partial charge is 0.285 e. The summed E-state index contributed by atoms with van der Waals surface area (Å²) in [7, 11) is 1.55. The molecule has 2 aromatic rings. The minimum atomic E-state index is -1.72. The van der Waals surface area contributed by atoms with Crippen LogP contribution in [0.5, 0.6) is 0 Å². The zero-order valence-corrected chi connectivity index (χ0v) is 11.0. The quantitative estimate of drug-likeness (QED) is 0.900. The summed E-state index contributed by atoms with van der Waals surface area (Å²) in [6.45, 7) is 0. The number of rotatable bonds is 2. The fraction of sp³-hybridized carbons (Fsp3) is 0.125. The first-order valence-electron chi connectivity index (χ1n) is 6.34. The molecule has 1 amide bonds. The van der Waals surface area contributed by atoms with Crippen LogP contribution in [0.2, 0.25) is 0 Å². The maximum absolute atomic E-state index is 12.4. The molecule has 3 rings (SSSR count). The highest BCUT2D eigenvalue weighted by molar-refractivity contribution is 6.22. The van der Waals surface area contributed by atoms with E-state index in [1.165, 1.54) is 5.01 Å². The predicted octanol–water partition coefficient (Wildman–Crippen LogP) is 1.75. The highest BCUT2D eigenvalue weighted by atomic mass is 16.3.